The van der Waals surface area contributed by atoms with Crippen molar-refractivity contribution in [2.75, 3.05) is 106 Å². The van der Waals surface area contributed by atoms with Crippen LogP contribution in [0.5, 0.6) is 5.75 Å². The Morgan fingerprint density at radius 1 is 0.625 bits per heavy atom. The Kier molecular flexibility index (Phi) is 53.0. The van der Waals surface area contributed by atoms with Crippen LogP contribution >= 0.6 is 7.82 Å². The molecule has 14 nitrogen and oxygen atoms in total. The summed E-state index contributed by atoms with van der Waals surface area (Å²) < 4.78 is 41.6. The van der Waals surface area contributed by atoms with Gasteiger partial charge in [-0.15, -0.1) is 0 Å². The third-order valence-corrected chi connectivity index (χ3v) is 5.81. The Hall–Kier alpha value is 0.770. The molecule has 0 aliphatic rings. The minimum Gasteiger partial charge on any atom is -0.790 e. The molecule has 1 rings (SSSR count). The van der Waals surface area contributed by atoms with Gasteiger partial charge in [-0.3, -0.25) is 0 Å². The fourth-order valence-corrected chi connectivity index (χ4v) is 3.66. The molecule has 0 saturated heterocycles. The largest absolute Gasteiger partial charge is 1.00 e. The van der Waals surface area contributed by atoms with Crippen LogP contribution in [0.4, 0.5) is 0 Å². The van der Waals surface area contributed by atoms with E-state index in [4.69, 9.17) is 63.0 Å². The Bertz CT molecular complexity index is 773. The normalized spacial score (nSPS) is 10.6. The summed E-state index contributed by atoms with van der Waals surface area (Å²) in [7, 11) is -5.14. The van der Waals surface area contributed by atoms with Crippen molar-refractivity contribution < 1.29 is 122 Å². The first-order valence-corrected chi connectivity index (χ1v) is 17.7. The molecule has 1 aromatic rings. The minimum absolute atomic E-state index is 0. The van der Waals surface area contributed by atoms with Gasteiger partial charge in [0.1, 0.15) is 12.4 Å². The molecule has 274 valence electrons. The molecule has 0 amide bonds. The van der Waals surface area contributed by atoms with Gasteiger partial charge in [-0.25, -0.2) is 0 Å². The van der Waals surface area contributed by atoms with Crippen molar-refractivity contribution in [2.24, 2.45) is 0 Å². The molecular weight excluding hydrogens is 671 g/mol. The Morgan fingerprint density at radius 3 is 1.46 bits per heavy atom. The molecule has 0 radical (unpaired) electrons. The predicted molar refractivity (Wildman–Crippen MR) is 172 cm³/mol. The van der Waals surface area contributed by atoms with Gasteiger partial charge < -0.3 is 68.3 Å². The fourth-order valence-electron chi connectivity index (χ4n) is 3.66. The molecule has 0 bridgehead atoms. The maximum atomic E-state index is 8.66. The van der Waals surface area contributed by atoms with E-state index in [2.05, 4.69) is 30.4 Å². The first kappa shape index (κ1) is 55.5. The third kappa shape index (κ3) is 51.1. The first-order chi connectivity index (χ1) is 22.3. The van der Waals surface area contributed by atoms with Crippen molar-refractivity contribution >= 4 is 7.82 Å². The molecular formula is C31H60NNa2O13P. The molecule has 0 saturated carbocycles. The van der Waals surface area contributed by atoms with Crippen molar-refractivity contribution in [1.82, 2.24) is 5.32 Å². The zero-order valence-electron chi connectivity index (χ0n) is 29.7. The molecule has 17 heteroatoms. The van der Waals surface area contributed by atoms with Crippen LogP contribution < -0.4 is 79.0 Å². The van der Waals surface area contributed by atoms with Crippen molar-refractivity contribution in [3.05, 3.63) is 29.8 Å². The van der Waals surface area contributed by atoms with Crippen LogP contribution in [0, 0.1) is 0 Å². The van der Waals surface area contributed by atoms with Crippen LogP contribution in [0.1, 0.15) is 57.4 Å². The number of unbranched alkanes of at least 4 members (excludes halogenated alkanes) is 6. The van der Waals surface area contributed by atoms with Crippen molar-refractivity contribution in [2.45, 2.75) is 58.3 Å². The number of aliphatic hydroxyl groups is 3. The van der Waals surface area contributed by atoms with E-state index in [-0.39, 0.29) is 78.9 Å². The van der Waals surface area contributed by atoms with Gasteiger partial charge in [-0.2, -0.15) is 0 Å². The molecule has 0 unspecified atom stereocenters. The number of phosphoric acid groups is 1. The van der Waals surface area contributed by atoms with E-state index in [0.717, 1.165) is 12.2 Å². The van der Waals surface area contributed by atoms with Gasteiger partial charge >= 0.3 is 59.1 Å². The second kappa shape index (κ2) is 45.8. The monoisotopic (exact) mass is 731 g/mol. The summed E-state index contributed by atoms with van der Waals surface area (Å²) in [6.07, 6.45) is 10.3. The Labute approximate surface area is 332 Å². The van der Waals surface area contributed by atoms with E-state index in [1.165, 1.54) is 50.5 Å². The standard InChI is InChI=1S/C27H48O7.C4H11NO2.2Na.H3O4P/c1-2-3-4-5-6-7-8-11-26-12-9-10-13-27(26)34-25-24-33-23-22-32-21-20-31-19-18-30-17-16-29-15-14-28;6-3-1-5-2-4-7;;;1-5(2,3)4/h9-10,12-13,28H,2-8,11,14-25H2,1H3;5-7H,1-4H2;;;(H3,1,2,3,4)/q;;2*+1;/p-2. The molecule has 0 aliphatic carbocycles. The molecule has 0 spiro atoms. The summed E-state index contributed by atoms with van der Waals surface area (Å²) in [5, 5.41) is 27.7. The average molecular weight is 732 g/mol. The number of ether oxygens (including phenoxy) is 6. The second-order valence-corrected chi connectivity index (χ2v) is 10.7. The minimum atomic E-state index is -5.14. The molecule has 1 aromatic carbocycles. The molecule has 5 N–H and O–H groups in total. The number of aliphatic hydroxyl groups excluding tert-OH is 3. The number of para-hydroxylation sites is 1. The van der Waals surface area contributed by atoms with E-state index < -0.39 is 7.82 Å². The van der Waals surface area contributed by atoms with E-state index in [1.54, 1.807) is 0 Å². The third-order valence-electron chi connectivity index (χ3n) is 5.81. The van der Waals surface area contributed by atoms with Crippen molar-refractivity contribution in [3.63, 3.8) is 0 Å². The Morgan fingerprint density at radius 2 is 1.02 bits per heavy atom. The summed E-state index contributed by atoms with van der Waals surface area (Å²) in [6, 6.07) is 8.34. The van der Waals surface area contributed by atoms with Gasteiger partial charge in [0, 0.05) is 13.1 Å². The number of rotatable bonds is 30. The molecule has 0 atom stereocenters. The van der Waals surface area contributed by atoms with E-state index in [0.29, 0.717) is 85.8 Å². The number of hydrogen-bond donors (Lipinski definition) is 5. The second-order valence-electron chi connectivity index (χ2n) is 9.78. The molecule has 0 aliphatic heterocycles. The van der Waals surface area contributed by atoms with Gasteiger partial charge in [0.25, 0.3) is 0 Å². The summed E-state index contributed by atoms with van der Waals surface area (Å²) in [6.45, 7) is 9.34. The molecule has 0 fully saturated rings. The van der Waals surface area contributed by atoms with Gasteiger partial charge in [0.15, 0.2) is 0 Å². The fraction of sp³-hybridized carbons (Fsp3) is 0.806. The topological polar surface area (TPSA) is 212 Å². The number of hydrogen-bond acceptors (Lipinski definition) is 13. The van der Waals surface area contributed by atoms with E-state index >= 15 is 0 Å². The maximum absolute atomic E-state index is 8.66. The first-order valence-electron chi connectivity index (χ1n) is 16.2. The number of nitrogens with one attached hydrogen (secondary N) is 1. The van der Waals surface area contributed by atoms with E-state index in [9.17, 15) is 0 Å². The zero-order chi connectivity index (χ0) is 34.4. The van der Waals surface area contributed by atoms with Crippen molar-refractivity contribution in [1.29, 1.82) is 0 Å². The number of benzene rings is 1. The van der Waals surface area contributed by atoms with E-state index in [1.807, 2.05) is 6.07 Å². The summed E-state index contributed by atoms with van der Waals surface area (Å²) in [5.41, 5.74) is 1.29. The van der Waals surface area contributed by atoms with Crippen molar-refractivity contribution in [3.8, 4) is 5.75 Å². The summed E-state index contributed by atoms with van der Waals surface area (Å²) >= 11 is 0. The van der Waals surface area contributed by atoms with Gasteiger partial charge in [-0.05, 0) is 24.5 Å². The zero-order valence-corrected chi connectivity index (χ0v) is 34.6. The SMILES string of the molecule is CCCCCCCCCc1ccccc1OCCOCCOCCOCCOCCOCCO.O=P([O-])([O-])O.OCCNCCO.[Na+].[Na+]. The summed E-state index contributed by atoms with van der Waals surface area (Å²) in [5.74, 6) is 0.979. The van der Waals surface area contributed by atoms with Crippen LogP contribution in [0.3, 0.4) is 0 Å². The smallest absolute Gasteiger partial charge is 0.790 e. The van der Waals surface area contributed by atoms with Crippen LogP contribution in [0.2, 0.25) is 0 Å². The Balaban J connectivity index is -0.000000587. The number of aryl methyl sites for hydroxylation is 1. The quantitative estimate of drug-likeness (QED) is 0.0285. The van der Waals surface area contributed by atoms with Crippen LogP contribution in [0.25, 0.3) is 0 Å². The molecule has 48 heavy (non-hydrogen) atoms. The van der Waals surface area contributed by atoms with Gasteiger partial charge in [0.05, 0.1) is 93.7 Å². The van der Waals surface area contributed by atoms with Crippen LogP contribution in [-0.2, 0) is 34.7 Å². The molecule has 0 heterocycles. The van der Waals surface area contributed by atoms with Crippen LogP contribution in [-0.4, -0.2) is 126 Å². The predicted octanol–water partition coefficient (Wildman–Crippen LogP) is -5.19. The molecule has 0 aromatic heterocycles. The average Bonchev–Trinajstić information content (AvgIpc) is 3.02. The maximum Gasteiger partial charge on any atom is 1.00 e. The van der Waals surface area contributed by atoms with Gasteiger partial charge in [-0.1, -0.05) is 63.6 Å². The van der Waals surface area contributed by atoms with Crippen LogP contribution in [0.15, 0.2) is 24.3 Å². The summed E-state index contributed by atoms with van der Waals surface area (Å²) in [4.78, 5) is 24.3. The van der Waals surface area contributed by atoms with Gasteiger partial charge in [0.2, 0.25) is 0 Å².